The molecule has 1 fully saturated rings. The summed E-state index contributed by atoms with van der Waals surface area (Å²) in [6, 6.07) is 16.2. The van der Waals surface area contributed by atoms with Crippen LogP contribution in [0.3, 0.4) is 0 Å². The molecule has 1 heterocycles. The zero-order valence-electron chi connectivity index (χ0n) is 16.8. The third-order valence-corrected chi connectivity index (χ3v) is 6.76. The summed E-state index contributed by atoms with van der Waals surface area (Å²) in [5.41, 5.74) is 2.41. The average molecular weight is 417 g/mol. The Bertz CT molecular complexity index is 770. The van der Waals surface area contributed by atoms with Crippen LogP contribution in [0.4, 0.5) is 5.69 Å². The Labute approximate surface area is 177 Å². The Hall–Kier alpha value is -1.65. The van der Waals surface area contributed by atoms with Crippen LogP contribution < -0.4 is 10.2 Å². The fourth-order valence-electron chi connectivity index (χ4n) is 3.43. The van der Waals surface area contributed by atoms with Gasteiger partial charge in [0.15, 0.2) is 0 Å². The molecular weight excluding hydrogens is 388 g/mol. The summed E-state index contributed by atoms with van der Waals surface area (Å²) >= 11 is 7.46. The third-order valence-electron chi connectivity index (χ3n) is 5.40. The number of thioether (sulfide) groups is 1. The number of carbonyl (C=O) groups is 1. The van der Waals surface area contributed by atoms with Crippen molar-refractivity contribution in [2.75, 3.05) is 18.0 Å². The van der Waals surface area contributed by atoms with Gasteiger partial charge in [0.25, 0.3) is 0 Å². The summed E-state index contributed by atoms with van der Waals surface area (Å²) in [5.74, 6) is 0.875. The number of rotatable bonds is 6. The predicted molar refractivity (Wildman–Crippen MR) is 120 cm³/mol. The molecule has 1 saturated heterocycles. The Morgan fingerprint density at radius 1 is 1.07 bits per heavy atom. The van der Waals surface area contributed by atoms with E-state index < -0.39 is 0 Å². The maximum absolute atomic E-state index is 12.6. The standard InChI is InChI=1S/C23H29ClN2OS/c1-16-12-14-26(15-13-16)21-8-4-19(5-9-21)17(2)25-23(27)18(3)28-22-10-6-20(24)7-11-22/h4-11,16-18H,12-15H2,1-3H3,(H,25,27)/t17-,18+/m1/s1. The molecule has 28 heavy (non-hydrogen) atoms. The van der Waals surface area contributed by atoms with Gasteiger partial charge in [0, 0.05) is 28.7 Å². The number of amides is 1. The number of nitrogens with one attached hydrogen (secondary N) is 1. The summed E-state index contributed by atoms with van der Waals surface area (Å²) in [6.45, 7) is 8.56. The van der Waals surface area contributed by atoms with Gasteiger partial charge in [0.2, 0.25) is 5.91 Å². The second kappa shape index (κ2) is 9.71. The first kappa shape index (κ1) is 21.1. The number of carbonyl (C=O) groups excluding carboxylic acids is 1. The van der Waals surface area contributed by atoms with Gasteiger partial charge in [-0.3, -0.25) is 4.79 Å². The van der Waals surface area contributed by atoms with Crippen LogP contribution in [0.1, 0.15) is 45.2 Å². The molecule has 1 N–H and O–H groups in total. The number of piperidine rings is 1. The lowest BCUT2D eigenvalue weighted by molar-refractivity contribution is -0.120. The smallest absolute Gasteiger partial charge is 0.233 e. The fourth-order valence-corrected chi connectivity index (χ4v) is 4.43. The molecule has 0 saturated carbocycles. The van der Waals surface area contributed by atoms with Crippen molar-refractivity contribution in [3.63, 3.8) is 0 Å². The summed E-state index contributed by atoms with van der Waals surface area (Å²) in [7, 11) is 0. The van der Waals surface area contributed by atoms with Crippen LogP contribution in [0.2, 0.25) is 5.02 Å². The van der Waals surface area contributed by atoms with Crippen LogP contribution in [0.15, 0.2) is 53.4 Å². The Morgan fingerprint density at radius 2 is 1.68 bits per heavy atom. The minimum Gasteiger partial charge on any atom is -0.372 e. The van der Waals surface area contributed by atoms with Gasteiger partial charge in [-0.25, -0.2) is 0 Å². The van der Waals surface area contributed by atoms with Crippen molar-refractivity contribution in [3.8, 4) is 0 Å². The van der Waals surface area contributed by atoms with E-state index in [1.165, 1.54) is 18.5 Å². The molecule has 2 aromatic carbocycles. The number of hydrogen-bond donors (Lipinski definition) is 1. The van der Waals surface area contributed by atoms with Gasteiger partial charge in [-0.1, -0.05) is 30.7 Å². The van der Waals surface area contributed by atoms with E-state index in [1.807, 2.05) is 38.1 Å². The van der Waals surface area contributed by atoms with Gasteiger partial charge in [0.1, 0.15) is 0 Å². The highest BCUT2D eigenvalue weighted by atomic mass is 35.5. The van der Waals surface area contributed by atoms with E-state index in [4.69, 9.17) is 11.6 Å². The van der Waals surface area contributed by atoms with Crippen LogP contribution >= 0.6 is 23.4 Å². The van der Waals surface area contributed by atoms with Crippen molar-refractivity contribution in [2.24, 2.45) is 5.92 Å². The molecule has 0 aromatic heterocycles. The van der Waals surface area contributed by atoms with E-state index in [-0.39, 0.29) is 17.2 Å². The minimum absolute atomic E-state index is 0.0174. The van der Waals surface area contributed by atoms with Crippen molar-refractivity contribution in [1.29, 1.82) is 0 Å². The monoisotopic (exact) mass is 416 g/mol. The normalized spacial score (nSPS) is 17.2. The van der Waals surface area contributed by atoms with Crippen LogP contribution in [0.25, 0.3) is 0 Å². The maximum atomic E-state index is 12.6. The van der Waals surface area contributed by atoms with Crippen LogP contribution in [-0.2, 0) is 4.79 Å². The van der Waals surface area contributed by atoms with E-state index in [0.717, 1.165) is 29.5 Å². The van der Waals surface area contributed by atoms with E-state index in [2.05, 4.69) is 41.4 Å². The first-order valence-electron chi connectivity index (χ1n) is 10.00. The molecule has 3 rings (SSSR count). The van der Waals surface area contributed by atoms with Crippen molar-refractivity contribution < 1.29 is 4.79 Å². The summed E-state index contributed by atoms with van der Waals surface area (Å²) in [5, 5.41) is 3.67. The zero-order valence-corrected chi connectivity index (χ0v) is 18.4. The van der Waals surface area contributed by atoms with Gasteiger partial charge in [-0.2, -0.15) is 0 Å². The van der Waals surface area contributed by atoms with Crippen molar-refractivity contribution in [2.45, 2.75) is 49.8 Å². The zero-order chi connectivity index (χ0) is 20.1. The van der Waals surface area contributed by atoms with Gasteiger partial charge >= 0.3 is 0 Å². The quantitative estimate of drug-likeness (QED) is 0.592. The van der Waals surface area contributed by atoms with Crippen molar-refractivity contribution in [1.82, 2.24) is 5.32 Å². The average Bonchev–Trinajstić information content (AvgIpc) is 2.70. The van der Waals surface area contributed by atoms with E-state index in [0.29, 0.717) is 5.02 Å². The van der Waals surface area contributed by atoms with Gasteiger partial charge in [-0.05, 0) is 74.6 Å². The minimum atomic E-state index is -0.168. The molecule has 0 spiro atoms. The van der Waals surface area contributed by atoms with Gasteiger partial charge in [0.05, 0.1) is 11.3 Å². The maximum Gasteiger partial charge on any atom is 0.233 e. The van der Waals surface area contributed by atoms with Crippen LogP contribution in [0.5, 0.6) is 0 Å². The number of benzene rings is 2. The van der Waals surface area contributed by atoms with Gasteiger partial charge < -0.3 is 10.2 Å². The molecule has 1 amide bonds. The molecular formula is C23H29ClN2OS. The van der Waals surface area contributed by atoms with Gasteiger partial charge in [-0.15, -0.1) is 11.8 Å². The molecule has 0 bridgehead atoms. The highest BCUT2D eigenvalue weighted by molar-refractivity contribution is 8.00. The lowest BCUT2D eigenvalue weighted by Gasteiger charge is -2.32. The van der Waals surface area contributed by atoms with E-state index >= 15 is 0 Å². The van der Waals surface area contributed by atoms with Crippen LogP contribution in [-0.4, -0.2) is 24.2 Å². The van der Waals surface area contributed by atoms with E-state index in [9.17, 15) is 4.79 Å². The molecule has 0 radical (unpaired) electrons. The molecule has 2 atom stereocenters. The highest BCUT2D eigenvalue weighted by Gasteiger charge is 2.19. The molecule has 3 nitrogen and oxygen atoms in total. The number of nitrogens with zero attached hydrogens (tertiary/aromatic N) is 1. The fraction of sp³-hybridized carbons (Fsp3) is 0.435. The number of hydrogen-bond acceptors (Lipinski definition) is 3. The lowest BCUT2D eigenvalue weighted by Crippen LogP contribution is -2.33. The first-order valence-corrected chi connectivity index (χ1v) is 11.3. The number of anilines is 1. The first-order chi connectivity index (χ1) is 13.4. The largest absolute Gasteiger partial charge is 0.372 e. The topological polar surface area (TPSA) is 32.3 Å². The Kier molecular flexibility index (Phi) is 7.30. The van der Waals surface area contributed by atoms with Crippen molar-refractivity contribution >= 4 is 35.0 Å². The molecule has 5 heteroatoms. The summed E-state index contributed by atoms with van der Waals surface area (Å²) in [6.07, 6.45) is 2.52. The molecule has 0 unspecified atom stereocenters. The highest BCUT2D eigenvalue weighted by Crippen LogP contribution is 2.27. The SMILES string of the molecule is CC1CCN(c2ccc([C@@H](C)NC(=O)[C@H](C)Sc3ccc(Cl)cc3)cc2)CC1. The molecule has 0 aliphatic carbocycles. The summed E-state index contributed by atoms with van der Waals surface area (Å²) in [4.78, 5) is 16.1. The van der Waals surface area contributed by atoms with Crippen LogP contribution in [0, 0.1) is 5.92 Å². The predicted octanol–water partition coefficient (Wildman–Crippen LogP) is 5.93. The second-order valence-corrected chi connectivity index (χ2v) is 9.56. The Morgan fingerprint density at radius 3 is 2.29 bits per heavy atom. The molecule has 1 aliphatic rings. The number of halogens is 1. The molecule has 1 aliphatic heterocycles. The molecule has 2 aromatic rings. The summed E-state index contributed by atoms with van der Waals surface area (Å²) < 4.78 is 0. The Balaban J connectivity index is 1.53. The lowest BCUT2D eigenvalue weighted by atomic mass is 9.98. The van der Waals surface area contributed by atoms with E-state index in [1.54, 1.807) is 11.8 Å². The molecule has 150 valence electrons. The van der Waals surface area contributed by atoms with Crippen molar-refractivity contribution in [3.05, 3.63) is 59.1 Å². The second-order valence-electron chi connectivity index (χ2n) is 7.71. The third kappa shape index (κ3) is 5.68.